The Hall–Kier alpha value is -1.88. The molecule has 0 atom stereocenters. The first-order valence-corrected chi connectivity index (χ1v) is 11.4. The van der Waals surface area contributed by atoms with Crippen LogP contribution in [-0.2, 0) is 10.2 Å². The van der Waals surface area contributed by atoms with Gasteiger partial charge in [0.05, 0.1) is 5.41 Å². The van der Waals surface area contributed by atoms with Crippen molar-refractivity contribution >= 4 is 17.5 Å². The van der Waals surface area contributed by atoms with Gasteiger partial charge in [0.25, 0.3) is 5.91 Å². The Morgan fingerprint density at radius 2 is 1.86 bits per heavy atom. The highest BCUT2D eigenvalue weighted by atomic mass is 16.2. The molecule has 29 heavy (non-hydrogen) atoms. The van der Waals surface area contributed by atoms with Crippen LogP contribution in [0.2, 0.25) is 0 Å². The van der Waals surface area contributed by atoms with Gasteiger partial charge in [-0.2, -0.15) is 0 Å². The number of nitrogens with zero attached hydrogens (tertiary/aromatic N) is 2. The number of amides is 2. The molecule has 1 saturated carbocycles. The van der Waals surface area contributed by atoms with Gasteiger partial charge in [-0.1, -0.05) is 39.2 Å². The summed E-state index contributed by atoms with van der Waals surface area (Å²) in [5.41, 5.74) is 7.93. The lowest BCUT2D eigenvalue weighted by Crippen LogP contribution is -2.45. The Morgan fingerprint density at radius 1 is 1.21 bits per heavy atom. The van der Waals surface area contributed by atoms with Gasteiger partial charge >= 0.3 is 0 Å². The quantitative estimate of drug-likeness (QED) is 0.746. The zero-order valence-corrected chi connectivity index (χ0v) is 18.5. The van der Waals surface area contributed by atoms with Crippen molar-refractivity contribution in [1.82, 2.24) is 4.90 Å². The van der Waals surface area contributed by atoms with E-state index in [-0.39, 0.29) is 17.9 Å². The van der Waals surface area contributed by atoms with Crippen molar-refractivity contribution in [3.63, 3.8) is 0 Å². The minimum atomic E-state index is -0.493. The first-order chi connectivity index (χ1) is 13.9. The predicted molar refractivity (Wildman–Crippen MR) is 118 cm³/mol. The van der Waals surface area contributed by atoms with Crippen molar-refractivity contribution < 1.29 is 9.59 Å². The molecule has 1 aromatic rings. The van der Waals surface area contributed by atoms with E-state index < -0.39 is 5.41 Å². The molecule has 1 heterocycles. The van der Waals surface area contributed by atoms with Crippen LogP contribution in [0.1, 0.15) is 88.6 Å². The summed E-state index contributed by atoms with van der Waals surface area (Å²) >= 11 is 0. The second kappa shape index (κ2) is 8.86. The lowest BCUT2D eigenvalue weighted by atomic mass is 9.77. The van der Waals surface area contributed by atoms with Crippen molar-refractivity contribution in [3.8, 4) is 0 Å². The molecular formula is C24H37N3O2. The fourth-order valence-electron chi connectivity index (χ4n) is 5.39. The standard InChI is InChI=1S/C24H37N3O2/c1-5-24(6-2)20-13-12-18(16-21(20)26(15-14-25)23(24)29)22(28)27(17(3)4)19-10-8-7-9-11-19/h12-13,16-17,19H,5-11,14-15,25H2,1-4H3. The number of nitrogens with two attached hydrogens (primary N) is 1. The van der Waals surface area contributed by atoms with E-state index in [1.807, 2.05) is 18.2 Å². The van der Waals surface area contributed by atoms with Gasteiger partial charge in [-0.15, -0.1) is 0 Å². The number of rotatable bonds is 7. The third-order valence-electron chi connectivity index (χ3n) is 7.02. The number of benzene rings is 1. The molecule has 0 unspecified atom stereocenters. The topological polar surface area (TPSA) is 66.6 Å². The summed E-state index contributed by atoms with van der Waals surface area (Å²) in [4.78, 5) is 30.7. The summed E-state index contributed by atoms with van der Waals surface area (Å²) in [6.45, 7) is 9.24. The Balaban J connectivity index is 2.00. The fourth-order valence-corrected chi connectivity index (χ4v) is 5.39. The van der Waals surface area contributed by atoms with Crippen LogP contribution in [0, 0.1) is 0 Å². The third kappa shape index (κ3) is 3.70. The smallest absolute Gasteiger partial charge is 0.254 e. The molecule has 5 heteroatoms. The van der Waals surface area contributed by atoms with Crippen LogP contribution in [0.3, 0.4) is 0 Å². The predicted octanol–water partition coefficient (Wildman–Crippen LogP) is 4.23. The van der Waals surface area contributed by atoms with Crippen molar-refractivity contribution in [1.29, 1.82) is 0 Å². The maximum absolute atomic E-state index is 13.5. The summed E-state index contributed by atoms with van der Waals surface area (Å²) < 4.78 is 0. The highest BCUT2D eigenvalue weighted by molar-refractivity contribution is 6.09. The van der Waals surface area contributed by atoms with E-state index in [2.05, 4.69) is 32.6 Å². The lowest BCUT2D eigenvalue weighted by Gasteiger charge is -2.37. The molecule has 2 aliphatic rings. The maximum Gasteiger partial charge on any atom is 0.254 e. The Kier molecular flexibility index (Phi) is 6.67. The molecule has 0 aromatic heterocycles. The summed E-state index contributed by atoms with van der Waals surface area (Å²) in [5, 5.41) is 0. The number of carbonyl (C=O) groups excluding carboxylic acids is 2. The maximum atomic E-state index is 13.5. The highest BCUT2D eigenvalue weighted by Crippen LogP contribution is 2.46. The minimum absolute atomic E-state index is 0.0837. The van der Waals surface area contributed by atoms with Gasteiger partial charge in [0.15, 0.2) is 0 Å². The van der Waals surface area contributed by atoms with Gasteiger partial charge in [0.1, 0.15) is 0 Å². The van der Waals surface area contributed by atoms with Gasteiger partial charge < -0.3 is 15.5 Å². The first kappa shape index (κ1) is 21.8. The molecule has 0 bridgehead atoms. The molecule has 0 saturated heterocycles. The van der Waals surface area contributed by atoms with E-state index in [4.69, 9.17) is 5.73 Å². The number of carbonyl (C=O) groups is 2. The molecule has 1 fully saturated rings. The molecule has 3 rings (SSSR count). The first-order valence-electron chi connectivity index (χ1n) is 11.4. The Morgan fingerprint density at radius 3 is 2.41 bits per heavy atom. The van der Waals surface area contributed by atoms with Gasteiger partial charge in [-0.25, -0.2) is 0 Å². The van der Waals surface area contributed by atoms with Gasteiger partial charge in [0.2, 0.25) is 5.91 Å². The number of anilines is 1. The second-order valence-corrected chi connectivity index (χ2v) is 8.86. The monoisotopic (exact) mass is 399 g/mol. The summed E-state index contributed by atoms with van der Waals surface area (Å²) in [6.07, 6.45) is 7.33. The van der Waals surface area contributed by atoms with E-state index in [1.54, 1.807) is 4.90 Å². The molecular weight excluding hydrogens is 362 g/mol. The molecule has 5 nitrogen and oxygen atoms in total. The zero-order valence-electron chi connectivity index (χ0n) is 18.5. The van der Waals surface area contributed by atoms with Gasteiger partial charge in [-0.3, -0.25) is 9.59 Å². The van der Waals surface area contributed by atoms with Crippen LogP contribution in [0.5, 0.6) is 0 Å². The summed E-state index contributed by atoms with van der Waals surface area (Å²) in [5.74, 6) is 0.209. The van der Waals surface area contributed by atoms with Gasteiger partial charge in [0, 0.05) is 36.4 Å². The molecule has 0 radical (unpaired) electrons. The van der Waals surface area contributed by atoms with E-state index in [1.165, 1.54) is 19.3 Å². The molecule has 1 aliphatic heterocycles. The zero-order chi connectivity index (χ0) is 21.2. The van der Waals surface area contributed by atoms with E-state index in [9.17, 15) is 9.59 Å². The van der Waals surface area contributed by atoms with Crippen molar-refractivity contribution in [2.75, 3.05) is 18.0 Å². The molecule has 1 aliphatic carbocycles. The average Bonchev–Trinajstić information content (AvgIpc) is 2.96. The molecule has 2 amide bonds. The van der Waals surface area contributed by atoms with Crippen molar-refractivity contribution in [3.05, 3.63) is 29.3 Å². The van der Waals surface area contributed by atoms with Crippen molar-refractivity contribution in [2.24, 2.45) is 5.73 Å². The summed E-state index contributed by atoms with van der Waals surface area (Å²) in [6, 6.07) is 6.36. The van der Waals surface area contributed by atoms with Crippen LogP contribution in [0.4, 0.5) is 5.69 Å². The number of fused-ring (bicyclic) bond motifs is 1. The van der Waals surface area contributed by atoms with E-state index >= 15 is 0 Å². The van der Waals surface area contributed by atoms with Crippen molar-refractivity contribution in [2.45, 2.75) is 90.1 Å². The lowest BCUT2D eigenvalue weighted by molar-refractivity contribution is -0.123. The Labute approximate surface area is 175 Å². The normalized spacial score (nSPS) is 19.0. The molecule has 2 N–H and O–H groups in total. The van der Waals surface area contributed by atoms with Crippen LogP contribution in [0.25, 0.3) is 0 Å². The SMILES string of the molecule is CCC1(CC)C(=O)N(CCN)c2cc(C(=O)N(C(C)C)C3CCCCC3)ccc21. The second-order valence-electron chi connectivity index (χ2n) is 8.86. The molecule has 160 valence electrons. The largest absolute Gasteiger partial charge is 0.333 e. The van der Waals surface area contributed by atoms with Crippen LogP contribution in [0.15, 0.2) is 18.2 Å². The fraction of sp³-hybridized carbons (Fsp3) is 0.667. The number of hydrogen-bond donors (Lipinski definition) is 1. The molecule has 0 spiro atoms. The average molecular weight is 400 g/mol. The third-order valence-corrected chi connectivity index (χ3v) is 7.02. The number of hydrogen-bond acceptors (Lipinski definition) is 3. The Bertz CT molecular complexity index is 748. The minimum Gasteiger partial charge on any atom is -0.333 e. The van der Waals surface area contributed by atoms with Crippen LogP contribution in [-0.4, -0.2) is 41.9 Å². The van der Waals surface area contributed by atoms with Gasteiger partial charge in [-0.05, 0) is 57.2 Å². The van der Waals surface area contributed by atoms with Crippen LogP contribution >= 0.6 is 0 Å². The molecule has 1 aromatic carbocycles. The highest BCUT2D eigenvalue weighted by Gasteiger charge is 2.48. The van der Waals surface area contributed by atoms with E-state index in [0.29, 0.717) is 24.7 Å². The van der Waals surface area contributed by atoms with E-state index in [0.717, 1.165) is 36.9 Å². The summed E-state index contributed by atoms with van der Waals surface area (Å²) in [7, 11) is 0. The van der Waals surface area contributed by atoms with Crippen LogP contribution < -0.4 is 10.6 Å².